The molecule has 0 fully saturated rings. The van der Waals surface area contributed by atoms with E-state index in [1.807, 2.05) is 43.6 Å². The SMILES string of the molecule is CNc1ccnc2ccc(Sc3nnc4ccc(C5=C[NH2+]N=C5)nn34)cc12. The van der Waals surface area contributed by atoms with Crippen molar-refractivity contribution in [2.75, 3.05) is 12.4 Å². The zero-order valence-corrected chi connectivity index (χ0v) is 15.2. The maximum atomic E-state index is 4.68. The van der Waals surface area contributed by atoms with Crippen LogP contribution >= 0.6 is 11.8 Å². The van der Waals surface area contributed by atoms with Crippen LogP contribution in [0.25, 0.3) is 22.1 Å². The topological polar surface area (TPSA) is 97.0 Å². The molecule has 0 aliphatic carbocycles. The molecule has 0 saturated heterocycles. The van der Waals surface area contributed by atoms with E-state index in [-0.39, 0.29) is 0 Å². The van der Waals surface area contributed by atoms with Gasteiger partial charge in [-0.1, -0.05) is 5.10 Å². The maximum absolute atomic E-state index is 4.68. The summed E-state index contributed by atoms with van der Waals surface area (Å²) in [6.45, 7) is 0. The predicted octanol–water partition coefficient (Wildman–Crippen LogP) is 1.77. The molecule has 0 bridgehead atoms. The van der Waals surface area contributed by atoms with E-state index in [0.717, 1.165) is 32.8 Å². The third-order valence-electron chi connectivity index (χ3n) is 4.28. The second-order valence-corrected chi connectivity index (χ2v) is 6.95. The van der Waals surface area contributed by atoms with Gasteiger partial charge in [0.1, 0.15) is 6.20 Å². The second kappa shape index (κ2) is 6.45. The highest BCUT2D eigenvalue weighted by Crippen LogP contribution is 2.31. The molecule has 1 aromatic carbocycles. The molecule has 0 atom stereocenters. The Kier molecular flexibility index (Phi) is 3.80. The summed E-state index contributed by atoms with van der Waals surface area (Å²) in [5.74, 6) is 0. The van der Waals surface area contributed by atoms with Crippen molar-refractivity contribution >= 4 is 45.8 Å². The smallest absolute Gasteiger partial charge is 0.217 e. The number of quaternary nitrogens is 1. The quantitative estimate of drug-likeness (QED) is 0.528. The number of nitrogens with one attached hydrogen (secondary N) is 1. The highest BCUT2D eigenvalue weighted by atomic mass is 32.2. The van der Waals surface area contributed by atoms with Crippen molar-refractivity contribution in [1.82, 2.24) is 24.8 Å². The summed E-state index contributed by atoms with van der Waals surface area (Å²) >= 11 is 1.52. The standard InChI is InChI=1S/C18H14N8S/c1-19-15-6-7-20-16-3-2-12(8-13(15)16)27-18-24-23-17-5-4-14(25-26(17)18)11-9-21-22-10-11/h2-10H,1H3,(H,19,20)(H,21,22)/p+1. The number of hydrogen-bond acceptors (Lipinski definition) is 7. The number of rotatable bonds is 4. The molecular formula is C18H15N8S+. The number of anilines is 1. The Bertz CT molecular complexity index is 1230. The number of benzene rings is 1. The molecule has 27 heavy (non-hydrogen) atoms. The third kappa shape index (κ3) is 2.82. The number of nitrogens with zero attached hydrogens (tertiary/aromatic N) is 6. The van der Waals surface area contributed by atoms with Gasteiger partial charge in [0.05, 0.1) is 23.0 Å². The van der Waals surface area contributed by atoms with Crippen molar-refractivity contribution in [3.05, 3.63) is 54.5 Å². The first-order chi connectivity index (χ1) is 13.3. The van der Waals surface area contributed by atoms with Crippen molar-refractivity contribution in [3.8, 4) is 0 Å². The first-order valence-electron chi connectivity index (χ1n) is 8.36. The summed E-state index contributed by atoms with van der Waals surface area (Å²) in [6.07, 6.45) is 5.53. The lowest BCUT2D eigenvalue weighted by molar-refractivity contribution is -0.589. The fourth-order valence-corrected chi connectivity index (χ4v) is 3.77. The number of pyridine rings is 1. The van der Waals surface area contributed by atoms with Crippen LogP contribution in [0, 0.1) is 0 Å². The van der Waals surface area contributed by atoms with Gasteiger partial charge in [0.2, 0.25) is 5.16 Å². The zero-order valence-electron chi connectivity index (χ0n) is 14.4. The van der Waals surface area contributed by atoms with Crippen LogP contribution in [-0.4, -0.2) is 38.1 Å². The molecule has 4 heterocycles. The average Bonchev–Trinajstić information content (AvgIpc) is 3.37. The molecule has 9 heteroatoms. The molecule has 3 aromatic heterocycles. The normalized spacial score (nSPS) is 13.4. The van der Waals surface area contributed by atoms with Crippen molar-refractivity contribution in [3.63, 3.8) is 0 Å². The highest BCUT2D eigenvalue weighted by Gasteiger charge is 2.14. The summed E-state index contributed by atoms with van der Waals surface area (Å²) in [4.78, 5) is 5.46. The van der Waals surface area contributed by atoms with Gasteiger partial charge in [-0.3, -0.25) is 4.98 Å². The molecular weight excluding hydrogens is 360 g/mol. The van der Waals surface area contributed by atoms with Crippen LogP contribution in [0.1, 0.15) is 5.69 Å². The fraction of sp³-hybridized carbons (Fsp3) is 0.0556. The van der Waals surface area contributed by atoms with Gasteiger partial charge in [0, 0.05) is 29.2 Å². The van der Waals surface area contributed by atoms with E-state index in [0.29, 0.717) is 10.8 Å². The molecule has 0 spiro atoms. The Morgan fingerprint density at radius 3 is 2.93 bits per heavy atom. The molecule has 0 saturated carbocycles. The van der Waals surface area contributed by atoms with Crippen LogP contribution < -0.4 is 10.7 Å². The minimum Gasteiger partial charge on any atom is -0.388 e. The first-order valence-corrected chi connectivity index (χ1v) is 9.17. The lowest BCUT2D eigenvalue weighted by Gasteiger charge is -2.07. The number of aromatic nitrogens is 5. The molecule has 5 rings (SSSR count). The maximum Gasteiger partial charge on any atom is 0.217 e. The van der Waals surface area contributed by atoms with E-state index in [2.05, 4.69) is 36.8 Å². The lowest BCUT2D eigenvalue weighted by Crippen LogP contribution is -2.69. The molecule has 4 aromatic rings. The van der Waals surface area contributed by atoms with Crippen LogP contribution in [0.2, 0.25) is 0 Å². The summed E-state index contributed by atoms with van der Waals surface area (Å²) in [5.41, 5.74) is 6.25. The van der Waals surface area contributed by atoms with Crippen LogP contribution in [0.5, 0.6) is 0 Å². The third-order valence-corrected chi connectivity index (χ3v) is 5.20. The molecule has 0 unspecified atom stereocenters. The number of nitrogens with two attached hydrogens (primary N) is 1. The molecule has 0 amide bonds. The van der Waals surface area contributed by atoms with Gasteiger partial charge in [-0.25, -0.2) is 0 Å². The number of hydrogen-bond donors (Lipinski definition) is 2. The monoisotopic (exact) mass is 375 g/mol. The van der Waals surface area contributed by atoms with Crippen molar-refractivity contribution in [2.24, 2.45) is 5.10 Å². The van der Waals surface area contributed by atoms with E-state index in [4.69, 9.17) is 0 Å². The van der Waals surface area contributed by atoms with Gasteiger partial charge in [0.15, 0.2) is 5.65 Å². The number of fused-ring (bicyclic) bond motifs is 2. The fourth-order valence-electron chi connectivity index (χ4n) is 2.94. The number of allylic oxidation sites excluding steroid dienone is 1. The van der Waals surface area contributed by atoms with Gasteiger partial charge < -0.3 is 5.32 Å². The van der Waals surface area contributed by atoms with Gasteiger partial charge >= 0.3 is 0 Å². The van der Waals surface area contributed by atoms with E-state index < -0.39 is 0 Å². The molecule has 3 N–H and O–H groups in total. The summed E-state index contributed by atoms with van der Waals surface area (Å²) in [7, 11) is 1.91. The van der Waals surface area contributed by atoms with E-state index in [1.165, 1.54) is 11.8 Å². The first kappa shape index (κ1) is 15.9. The minimum atomic E-state index is 0.708. The Labute approximate surface area is 158 Å². The zero-order chi connectivity index (χ0) is 18.2. The van der Waals surface area contributed by atoms with E-state index in [9.17, 15) is 0 Å². The van der Waals surface area contributed by atoms with Crippen LogP contribution in [0.3, 0.4) is 0 Å². The van der Waals surface area contributed by atoms with Gasteiger partial charge in [-0.05, 0) is 48.2 Å². The van der Waals surface area contributed by atoms with Gasteiger partial charge in [0.25, 0.3) is 0 Å². The minimum absolute atomic E-state index is 0.708. The summed E-state index contributed by atoms with van der Waals surface area (Å²) < 4.78 is 1.76. The van der Waals surface area contributed by atoms with Crippen LogP contribution in [-0.2, 0) is 0 Å². The van der Waals surface area contributed by atoms with Crippen molar-refractivity contribution in [2.45, 2.75) is 10.1 Å². The molecule has 132 valence electrons. The predicted molar refractivity (Wildman–Crippen MR) is 105 cm³/mol. The summed E-state index contributed by atoms with van der Waals surface area (Å²) in [6, 6.07) is 11.9. The van der Waals surface area contributed by atoms with Crippen molar-refractivity contribution in [1.29, 1.82) is 0 Å². The van der Waals surface area contributed by atoms with Gasteiger partial charge in [-0.2, -0.15) is 15.0 Å². The van der Waals surface area contributed by atoms with Crippen molar-refractivity contribution < 1.29 is 5.43 Å². The van der Waals surface area contributed by atoms with Crippen LogP contribution in [0.15, 0.2) is 63.9 Å². The highest BCUT2D eigenvalue weighted by molar-refractivity contribution is 7.99. The van der Waals surface area contributed by atoms with Gasteiger partial charge in [-0.15, -0.1) is 10.2 Å². The Hall–Kier alpha value is -3.30. The van der Waals surface area contributed by atoms with Crippen LogP contribution in [0.4, 0.5) is 5.69 Å². The van der Waals surface area contributed by atoms with E-state index >= 15 is 0 Å². The second-order valence-electron chi connectivity index (χ2n) is 5.91. The Morgan fingerprint density at radius 2 is 2.07 bits per heavy atom. The Morgan fingerprint density at radius 1 is 1.11 bits per heavy atom. The Balaban J connectivity index is 1.55. The molecule has 1 aliphatic heterocycles. The average molecular weight is 375 g/mol. The molecule has 0 radical (unpaired) electrons. The largest absolute Gasteiger partial charge is 0.388 e. The molecule has 8 nitrogen and oxygen atoms in total. The molecule has 1 aliphatic rings. The lowest BCUT2D eigenvalue weighted by atomic mass is 10.2. The van der Waals surface area contributed by atoms with E-state index in [1.54, 1.807) is 22.4 Å². The summed E-state index contributed by atoms with van der Waals surface area (Å²) in [5, 5.41) is 22.3.